The molecule has 0 spiro atoms. The smallest absolute Gasteiger partial charge is 0.187 e. The van der Waals surface area contributed by atoms with Gasteiger partial charge in [-0.25, -0.2) is 0 Å². The van der Waals surface area contributed by atoms with E-state index in [0.29, 0.717) is 25.7 Å². The fourth-order valence-corrected chi connectivity index (χ4v) is 5.76. The molecule has 5 rings (SSSR count). The molecule has 0 bridgehead atoms. The molecule has 40 heavy (non-hydrogen) atoms. The summed E-state index contributed by atoms with van der Waals surface area (Å²) >= 11 is 0. The van der Waals surface area contributed by atoms with Gasteiger partial charge in [0.2, 0.25) is 0 Å². The van der Waals surface area contributed by atoms with Gasteiger partial charge in [0.1, 0.15) is 18.3 Å². The Morgan fingerprint density at radius 3 is 1.70 bits per heavy atom. The van der Waals surface area contributed by atoms with E-state index in [2.05, 4.69) is 56.7 Å². The molecule has 5 heteroatoms. The molecule has 7 atom stereocenters. The summed E-state index contributed by atoms with van der Waals surface area (Å²) in [5.41, 5.74) is 3.31. The van der Waals surface area contributed by atoms with Crippen LogP contribution in [0.3, 0.4) is 0 Å². The second kappa shape index (κ2) is 14.9. The summed E-state index contributed by atoms with van der Waals surface area (Å²) in [6.07, 6.45) is 4.90. The van der Waals surface area contributed by atoms with Crippen molar-refractivity contribution in [2.24, 2.45) is 5.92 Å². The Labute approximate surface area is 239 Å². The summed E-state index contributed by atoms with van der Waals surface area (Å²) in [6.45, 7) is 5.66. The highest BCUT2D eigenvalue weighted by Gasteiger charge is 2.48. The normalized spacial score (nSPS) is 28.8. The van der Waals surface area contributed by atoms with E-state index < -0.39 is 12.4 Å². The zero-order valence-corrected chi connectivity index (χ0v) is 23.8. The lowest BCUT2D eigenvalue weighted by atomic mass is 9.84. The second-order valence-electron chi connectivity index (χ2n) is 10.9. The first-order valence-corrected chi connectivity index (χ1v) is 14.8. The Kier molecular flexibility index (Phi) is 10.8. The van der Waals surface area contributed by atoms with Crippen LogP contribution < -0.4 is 0 Å². The molecule has 1 saturated heterocycles. The highest BCUT2D eigenvalue weighted by atomic mass is 16.7. The van der Waals surface area contributed by atoms with Crippen molar-refractivity contribution in [2.75, 3.05) is 0 Å². The molecule has 1 aliphatic carbocycles. The zero-order valence-electron chi connectivity index (χ0n) is 23.8. The quantitative estimate of drug-likeness (QED) is 0.240. The molecule has 1 saturated carbocycles. The van der Waals surface area contributed by atoms with Crippen molar-refractivity contribution in [3.8, 4) is 0 Å². The molecule has 0 aromatic heterocycles. The fraction of sp³-hybridized carbons (Fsp3) is 0.457. The lowest BCUT2D eigenvalue weighted by Crippen LogP contribution is -2.60. The second-order valence-corrected chi connectivity index (χ2v) is 10.9. The predicted octanol–water partition coefficient (Wildman–Crippen LogP) is 7.29. The third-order valence-corrected chi connectivity index (χ3v) is 8.04. The van der Waals surface area contributed by atoms with Crippen LogP contribution in [0.25, 0.3) is 0 Å². The van der Waals surface area contributed by atoms with Crippen molar-refractivity contribution in [3.05, 3.63) is 114 Å². The van der Waals surface area contributed by atoms with Crippen LogP contribution in [0, 0.1) is 12.3 Å². The fourth-order valence-electron chi connectivity index (χ4n) is 5.76. The molecule has 3 aromatic rings. The van der Waals surface area contributed by atoms with Crippen LogP contribution in [0.1, 0.15) is 56.2 Å². The number of hydrogen-bond donors (Lipinski definition) is 0. The monoisotopic (exact) mass is 543 g/mol. The first-order chi connectivity index (χ1) is 19.7. The number of ether oxygens (including phenoxy) is 5. The average Bonchev–Trinajstić information content (AvgIpc) is 3.01. The minimum absolute atomic E-state index is 0.0373. The largest absolute Gasteiger partial charge is 0.368 e. The Hall–Kier alpha value is -2.54. The van der Waals surface area contributed by atoms with Gasteiger partial charge in [0.05, 0.1) is 32.0 Å². The summed E-state index contributed by atoms with van der Waals surface area (Å²) in [4.78, 5) is 0. The summed E-state index contributed by atoms with van der Waals surface area (Å²) in [5, 5.41) is 0. The van der Waals surface area contributed by atoms with Gasteiger partial charge in [-0.05, 0) is 48.8 Å². The molecule has 2 fully saturated rings. The van der Waals surface area contributed by atoms with E-state index in [1.807, 2.05) is 54.6 Å². The van der Waals surface area contributed by atoms with Crippen molar-refractivity contribution in [3.63, 3.8) is 0 Å². The molecule has 0 N–H and O–H groups in total. The number of rotatable bonds is 12. The number of hydrogen-bond acceptors (Lipinski definition) is 5. The van der Waals surface area contributed by atoms with Crippen molar-refractivity contribution < 1.29 is 23.7 Å². The van der Waals surface area contributed by atoms with Gasteiger partial charge in [-0.3, -0.25) is 0 Å². The van der Waals surface area contributed by atoms with Crippen LogP contribution in [-0.2, 0) is 43.5 Å². The third-order valence-electron chi connectivity index (χ3n) is 8.04. The van der Waals surface area contributed by atoms with Crippen molar-refractivity contribution in [2.45, 2.75) is 96.2 Å². The zero-order chi connectivity index (χ0) is 27.6. The Morgan fingerprint density at radius 1 is 0.675 bits per heavy atom. The van der Waals surface area contributed by atoms with E-state index in [1.54, 1.807) is 0 Å². The molecule has 0 unspecified atom stereocenters. The first kappa shape index (κ1) is 29.0. The average molecular weight is 544 g/mol. The van der Waals surface area contributed by atoms with E-state index in [0.717, 1.165) is 29.5 Å². The van der Waals surface area contributed by atoms with E-state index >= 15 is 0 Å². The van der Waals surface area contributed by atoms with Crippen molar-refractivity contribution in [1.29, 1.82) is 0 Å². The van der Waals surface area contributed by atoms with Gasteiger partial charge >= 0.3 is 0 Å². The van der Waals surface area contributed by atoms with Crippen molar-refractivity contribution in [1.82, 2.24) is 0 Å². The number of benzene rings is 3. The molecule has 213 valence electrons. The summed E-state index contributed by atoms with van der Waals surface area (Å²) in [7, 11) is 0. The summed E-state index contributed by atoms with van der Waals surface area (Å²) in [5.74, 6) is 0.484. The SMILES string of the molecule is CC[C@H]1CCC[CH][C@H]1O[C@@H]1O[C@@H](C)[C@@H](OCc2ccccc2)[C@@H](OCc2ccccc2)[C@@H]1OCc1ccccc1. The van der Waals surface area contributed by atoms with E-state index in [4.69, 9.17) is 23.7 Å². The van der Waals surface area contributed by atoms with E-state index in [9.17, 15) is 0 Å². The van der Waals surface area contributed by atoms with E-state index in [1.165, 1.54) is 12.8 Å². The van der Waals surface area contributed by atoms with Crippen LogP contribution >= 0.6 is 0 Å². The Bertz CT molecular complexity index is 1110. The molecule has 1 heterocycles. The minimum Gasteiger partial charge on any atom is -0.368 e. The van der Waals surface area contributed by atoms with Gasteiger partial charge in [-0.1, -0.05) is 111 Å². The van der Waals surface area contributed by atoms with Gasteiger partial charge in [0.25, 0.3) is 0 Å². The maximum atomic E-state index is 6.76. The third kappa shape index (κ3) is 7.80. The van der Waals surface area contributed by atoms with Gasteiger partial charge < -0.3 is 23.7 Å². The molecule has 0 amide bonds. The van der Waals surface area contributed by atoms with Crippen LogP contribution in [0.15, 0.2) is 91.0 Å². The van der Waals surface area contributed by atoms with Crippen LogP contribution in [0.2, 0.25) is 0 Å². The molecule has 5 nitrogen and oxygen atoms in total. The summed E-state index contributed by atoms with van der Waals surface area (Å²) in [6, 6.07) is 30.7. The molecular weight excluding hydrogens is 500 g/mol. The molecular formula is C35H43O5. The van der Waals surface area contributed by atoms with Crippen molar-refractivity contribution >= 4 is 0 Å². The highest BCUT2D eigenvalue weighted by Crippen LogP contribution is 2.35. The van der Waals surface area contributed by atoms with Gasteiger partial charge in [0, 0.05) is 0 Å². The molecule has 2 aliphatic rings. The Morgan fingerprint density at radius 2 is 1.18 bits per heavy atom. The molecule has 3 aromatic carbocycles. The lowest BCUT2D eigenvalue weighted by molar-refractivity contribution is -0.330. The van der Waals surface area contributed by atoms with Crippen LogP contribution in [0.5, 0.6) is 0 Å². The van der Waals surface area contributed by atoms with Crippen LogP contribution in [-0.4, -0.2) is 36.8 Å². The van der Waals surface area contributed by atoms with Crippen LogP contribution in [0.4, 0.5) is 0 Å². The minimum atomic E-state index is -0.565. The first-order valence-electron chi connectivity index (χ1n) is 14.8. The molecule has 1 aliphatic heterocycles. The predicted molar refractivity (Wildman–Crippen MR) is 156 cm³/mol. The van der Waals surface area contributed by atoms with Gasteiger partial charge in [0.15, 0.2) is 6.29 Å². The summed E-state index contributed by atoms with van der Waals surface area (Å²) < 4.78 is 33.3. The Balaban J connectivity index is 1.40. The van der Waals surface area contributed by atoms with Gasteiger partial charge in [-0.2, -0.15) is 0 Å². The lowest BCUT2D eigenvalue weighted by Gasteiger charge is -2.46. The molecule has 1 radical (unpaired) electrons. The van der Waals surface area contributed by atoms with E-state index in [-0.39, 0.29) is 24.4 Å². The van der Waals surface area contributed by atoms with Gasteiger partial charge in [-0.15, -0.1) is 0 Å². The topological polar surface area (TPSA) is 46.2 Å². The standard InChI is InChI=1S/C35H43O5/c1-3-30-21-13-14-22-31(30)40-35-34(38-25-29-19-11-6-12-20-29)33(37-24-28-17-9-5-10-18-28)32(26(2)39-35)36-23-27-15-7-4-8-16-27/h4-12,15-20,22,26,30-35H,3,13-14,21,23-25H2,1-2H3/t26-,30-,31+,32+,33+,34-,35-/m0/s1. The maximum absolute atomic E-state index is 6.76. The highest BCUT2D eigenvalue weighted by molar-refractivity contribution is 5.15. The maximum Gasteiger partial charge on any atom is 0.187 e.